The molecule has 2 aliphatic rings. The van der Waals surface area contributed by atoms with Crippen LogP contribution in [0.5, 0.6) is 0 Å². The summed E-state index contributed by atoms with van der Waals surface area (Å²) in [6.45, 7) is 8.21. The molecule has 3 heterocycles. The van der Waals surface area contributed by atoms with Gasteiger partial charge in [0.15, 0.2) is 0 Å². The van der Waals surface area contributed by atoms with Gasteiger partial charge in [-0.25, -0.2) is 14.6 Å². The Labute approximate surface area is 168 Å². The lowest BCUT2D eigenvalue weighted by Gasteiger charge is -2.36. The van der Waals surface area contributed by atoms with Crippen molar-refractivity contribution in [3.8, 4) is 0 Å². The van der Waals surface area contributed by atoms with Gasteiger partial charge >= 0.3 is 12.2 Å². The number of aromatic nitrogens is 1. The summed E-state index contributed by atoms with van der Waals surface area (Å²) in [5, 5.41) is 3.53. The number of cyclic esters (lactones) is 1. The minimum Gasteiger partial charge on any atom is -0.447 e. The third kappa shape index (κ3) is 5.00. The Morgan fingerprint density at radius 3 is 2.66 bits per heavy atom. The lowest BCUT2D eigenvalue weighted by atomic mass is 10.2. The molecule has 0 spiro atoms. The number of hydrogen-bond acceptors (Lipinski definition) is 7. The van der Waals surface area contributed by atoms with E-state index in [9.17, 15) is 9.59 Å². The molecular weight excluding hydrogens is 378 g/mol. The zero-order valence-corrected chi connectivity index (χ0v) is 16.8. The lowest BCUT2D eigenvalue weighted by Crippen LogP contribution is -2.50. The van der Waals surface area contributed by atoms with Crippen LogP contribution in [-0.4, -0.2) is 73.0 Å². The molecule has 0 bridgehead atoms. The molecule has 156 valence electrons. The van der Waals surface area contributed by atoms with Gasteiger partial charge in [-0.05, 0) is 38.4 Å². The topological polar surface area (TPSA) is 124 Å². The van der Waals surface area contributed by atoms with Crippen LogP contribution in [0.15, 0.2) is 23.4 Å². The number of hydrogen-bond donors (Lipinski definition) is 0. The molecule has 2 amide bonds. The highest BCUT2D eigenvalue weighted by atomic mass is 16.6. The van der Waals surface area contributed by atoms with Gasteiger partial charge in [0, 0.05) is 31.1 Å². The van der Waals surface area contributed by atoms with Gasteiger partial charge in [0.1, 0.15) is 18.0 Å². The largest absolute Gasteiger partial charge is 0.447 e. The number of ether oxygens (including phenoxy) is 2. The predicted octanol–water partition coefficient (Wildman–Crippen LogP) is 2.77. The number of pyridine rings is 1. The highest BCUT2D eigenvalue weighted by Gasteiger charge is 2.34. The Balaban J connectivity index is 1.60. The van der Waals surface area contributed by atoms with E-state index in [1.54, 1.807) is 17.2 Å². The smallest absolute Gasteiger partial charge is 0.414 e. The normalized spacial score (nSPS) is 19.6. The molecule has 1 unspecified atom stereocenters. The summed E-state index contributed by atoms with van der Waals surface area (Å²) in [6, 6.07) is 3.27. The Kier molecular flexibility index (Phi) is 5.97. The third-order valence-corrected chi connectivity index (χ3v) is 4.58. The van der Waals surface area contributed by atoms with Crippen molar-refractivity contribution in [2.75, 3.05) is 49.1 Å². The maximum Gasteiger partial charge on any atom is 0.414 e. The van der Waals surface area contributed by atoms with Crippen molar-refractivity contribution < 1.29 is 19.1 Å². The number of amides is 2. The van der Waals surface area contributed by atoms with Crippen molar-refractivity contribution in [3.63, 3.8) is 0 Å². The molecule has 2 saturated heterocycles. The molecule has 0 N–H and O–H groups in total. The number of rotatable bonds is 4. The minimum atomic E-state index is -0.515. The van der Waals surface area contributed by atoms with E-state index in [1.165, 1.54) is 4.90 Å². The van der Waals surface area contributed by atoms with Gasteiger partial charge in [0.05, 0.1) is 24.5 Å². The maximum atomic E-state index is 12.2. The van der Waals surface area contributed by atoms with E-state index in [4.69, 9.17) is 15.0 Å². The van der Waals surface area contributed by atoms with Gasteiger partial charge in [0.2, 0.25) is 0 Å². The molecule has 0 radical (unpaired) electrons. The zero-order chi connectivity index (χ0) is 21.0. The molecule has 0 aromatic carbocycles. The van der Waals surface area contributed by atoms with Gasteiger partial charge in [0.25, 0.3) is 0 Å². The number of azide groups is 1. The molecule has 1 aromatic heterocycles. The quantitative estimate of drug-likeness (QED) is 0.432. The van der Waals surface area contributed by atoms with Gasteiger partial charge in [-0.2, -0.15) is 0 Å². The van der Waals surface area contributed by atoms with Crippen LogP contribution < -0.4 is 9.80 Å². The molecule has 0 saturated carbocycles. The van der Waals surface area contributed by atoms with Gasteiger partial charge in [-0.1, -0.05) is 5.11 Å². The van der Waals surface area contributed by atoms with Crippen molar-refractivity contribution in [2.24, 2.45) is 5.11 Å². The average molecular weight is 403 g/mol. The fraction of sp³-hybridized carbons (Fsp3) is 0.611. The Morgan fingerprint density at radius 2 is 2.07 bits per heavy atom. The maximum absolute atomic E-state index is 12.2. The monoisotopic (exact) mass is 403 g/mol. The van der Waals surface area contributed by atoms with E-state index in [1.807, 2.05) is 26.8 Å². The minimum absolute atomic E-state index is 0.136. The molecule has 0 aliphatic carbocycles. The Hall–Kier alpha value is -3.20. The molecule has 3 rings (SSSR count). The van der Waals surface area contributed by atoms with Crippen molar-refractivity contribution in [3.05, 3.63) is 28.8 Å². The van der Waals surface area contributed by atoms with Gasteiger partial charge < -0.3 is 19.3 Å². The number of nitrogens with zero attached hydrogens (tertiary/aromatic N) is 7. The summed E-state index contributed by atoms with van der Waals surface area (Å²) in [6.07, 6.45) is 0.813. The van der Waals surface area contributed by atoms with Crippen molar-refractivity contribution >= 4 is 23.7 Å². The first-order chi connectivity index (χ1) is 13.8. The second kappa shape index (κ2) is 8.44. The fourth-order valence-electron chi connectivity index (χ4n) is 3.19. The molecular formula is C18H25N7O4. The summed E-state index contributed by atoms with van der Waals surface area (Å²) in [5.41, 5.74) is 8.57. The molecule has 11 heteroatoms. The summed E-state index contributed by atoms with van der Waals surface area (Å²) in [7, 11) is 0. The summed E-state index contributed by atoms with van der Waals surface area (Å²) >= 11 is 0. The van der Waals surface area contributed by atoms with Crippen LogP contribution in [0.1, 0.15) is 20.8 Å². The Morgan fingerprint density at radius 1 is 1.34 bits per heavy atom. The van der Waals surface area contributed by atoms with Crippen LogP contribution in [-0.2, 0) is 9.47 Å². The van der Waals surface area contributed by atoms with E-state index in [0.717, 1.165) is 5.82 Å². The van der Waals surface area contributed by atoms with Crippen molar-refractivity contribution in [1.82, 2.24) is 9.88 Å². The predicted molar refractivity (Wildman–Crippen MR) is 106 cm³/mol. The average Bonchev–Trinajstić information content (AvgIpc) is 3.05. The first-order valence-electron chi connectivity index (χ1n) is 9.44. The summed E-state index contributed by atoms with van der Waals surface area (Å²) < 4.78 is 10.5. The molecule has 2 aliphatic heterocycles. The van der Waals surface area contributed by atoms with E-state index in [2.05, 4.69) is 19.9 Å². The number of carbonyl (C=O) groups excluding carboxylic acids is 2. The summed E-state index contributed by atoms with van der Waals surface area (Å²) in [4.78, 5) is 36.6. The van der Waals surface area contributed by atoms with Gasteiger partial charge in [-0.3, -0.25) is 4.90 Å². The number of anilines is 2. The third-order valence-electron chi connectivity index (χ3n) is 4.58. The summed E-state index contributed by atoms with van der Waals surface area (Å²) in [5.74, 6) is 0.761. The molecule has 11 nitrogen and oxygen atoms in total. The number of carbonyl (C=O) groups is 2. The standard InChI is InChI=1S/C18H25N7O4/c1-18(2,3)29-16(26)24-8-6-23(7-9-24)15-5-4-13(10-20-15)25-14(11-21-22-19)12-28-17(25)27/h4-5,10,14H,6-9,11-12H2,1-3H3. The second-order valence-corrected chi connectivity index (χ2v) is 7.84. The van der Waals surface area contributed by atoms with Crippen molar-refractivity contribution in [2.45, 2.75) is 32.4 Å². The van der Waals surface area contributed by atoms with E-state index < -0.39 is 11.7 Å². The van der Waals surface area contributed by atoms with E-state index in [0.29, 0.717) is 31.9 Å². The van der Waals surface area contributed by atoms with Crippen LogP contribution in [0.25, 0.3) is 10.4 Å². The van der Waals surface area contributed by atoms with E-state index in [-0.39, 0.29) is 25.3 Å². The molecule has 1 aromatic rings. The highest BCUT2D eigenvalue weighted by molar-refractivity contribution is 5.90. The zero-order valence-electron chi connectivity index (χ0n) is 16.8. The van der Waals surface area contributed by atoms with E-state index >= 15 is 0 Å². The van der Waals surface area contributed by atoms with Crippen LogP contribution in [0.2, 0.25) is 0 Å². The van der Waals surface area contributed by atoms with Crippen LogP contribution >= 0.6 is 0 Å². The van der Waals surface area contributed by atoms with Crippen LogP contribution in [0.3, 0.4) is 0 Å². The van der Waals surface area contributed by atoms with Crippen LogP contribution in [0, 0.1) is 0 Å². The van der Waals surface area contributed by atoms with Gasteiger partial charge in [-0.15, -0.1) is 0 Å². The number of piperazine rings is 1. The first kappa shape index (κ1) is 20.5. The molecule has 1 atom stereocenters. The molecule has 29 heavy (non-hydrogen) atoms. The Bertz CT molecular complexity index is 793. The lowest BCUT2D eigenvalue weighted by molar-refractivity contribution is 0.0240. The SMILES string of the molecule is CC(C)(C)OC(=O)N1CCN(c2ccc(N3C(=O)OCC3CN=[N+]=[N-])cn2)CC1. The second-order valence-electron chi connectivity index (χ2n) is 7.84. The molecule has 2 fully saturated rings. The highest BCUT2D eigenvalue weighted by Crippen LogP contribution is 2.25. The van der Waals surface area contributed by atoms with Crippen LogP contribution in [0.4, 0.5) is 21.1 Å². The van der Waals surface area contributed by atoms with Crippen molar-refractivity contribution in [1.29, 1.82) is 0 Å². The first-order valence-corrected chi connectivity index (χ1v) is 9.44. The fourth-order valence-corrected chi connectivity index (χ4v) is 3.19.